The molecule has 0 aromatic heterocycles. The Morgan fingerprint density at radius 1 is 1.24 bits per heavy atom. The van der Waals surface area contributed by atoms with E-state index in [1.165, 1.54) is 37.7 Å². The van der Waals surface area contributed by atoms with Crippen LogP contribution in [0.15, 0.2) is 24.3 Å². The van der Waals surface area contributed by atoms with Crippen molar-refractivity contribution < 1.29 is 4.74 Å². The van der Waals surface area contributed by atoms with Gasteiger partial charge in [0.25, 0.3) is 0 Å². The van der Waals surface area contributed by atoms with Crippen LogP contribution in [0, 0.1) is 0 Å². The molecule has 1 saturated carbocycles. The van der Waals surface area contributed by atoms with Crippen LogP contribution in [0.5, 0.6) is 5.75 Å². The first kappa shape index (κ1) is 12.4. The highest BCUT2D eigenvalue weighted by Crippen LogP contribution is 2.28. The number of ether oxygens (including phenoxy) is 1. The smallest absolute Gasteiger partial charge is 0.119 e. The highest BCUT2D eigenvalue weighted by atomic mass is 16.5. The van der Waals surface area contributed by atoms with Crippen LogP contribution >= 0.6 is 0 Å². The van der Waals surface area contributed by atoms with Crippen LogP contribution in [0.4, 0.5) is 0 Å². The van der Waals surface area contributed by atoms with Crippen molar-refractivity contribution in [3.63, 3.8) is 0 Å². The van der Waals surface area contributed by atoms with E-state index in [4.69, 9.17) is 4.74 Å². The average molecular weight is 233 g/mol. The Kier molecular flexibility index (Phi) is 4.06. The summed E-state index contributed by atoms with van der Waals surface area (Å²) < 4.78 is 5.24. The summed E-state index contributed by atoms with van der Waals surface area (Å²) in [5.74, 6) is 0.943. The summed E-state index contributed by atoms with van der Waals surface area (Å²) in [6.45, 7) is 3.29. The van der Waals surface area contributed by atoms with Gasteiger partial charge in [-0.3, -0.25) is 0 Å². The molecule has 1 aliphatic carbocycles. The van der Waals surface area contributed by atoms with Crippen LogP contribution in [0.3, 0.4) is 0 Å². The maximum atomic E-state index is 5.24. The highest BCUT2D eigenvalue weighted by molar-refractivity contribution is 5.28. The first-order valence-corrected chi connectivity index (χ1v) is 6.60. The maximum absolute atomic E-state index is 5.24. The zero-order chi connectivity index (χ0) is 12.1. The Balaban J connectivity index is 1.92. The van der Waals surface area contributed by atoms with Gasteiger partial charge in [0.05, 0.1) is 7.11 Å². The number of nitrogens with one attached hydrogen (secondary N) is 1. The molecule has 0 atom stereocenters. The first-order chi connectivity index (χ1) is 8.22. The molecule has 0 amide bonds. The van der Waals surface area contributed by atoms with Gasteiger partial charge in [-0.1, -0.05) is 31.4 Å². The summed E-state index contributed by atoms with van der Waals surface area (Å²) in [6.07, 6.45) is 6.73. The Morgan fingerprint density at radius 2 is 2.00 bits per heavy atom. The van der Waals surface area contributed by atoms with Crippen LogP contribution in [-0.4, -0.2) is 12.6 Å². The molecule has 1 aromatic carbocycles. The molecular weight excluding hydrogens is 210 g/mol. The number of rotatable bonds is 4. The second-order valence-corrected chi connectivity index (χ2v) is 5.33. The predicted octanol–water partition coefficient (Wildman–Crippen LogP) is 3.51. The molecule has 2 nitrogen and oxygen atoms in total. The van der Waals surface area contributed by atoms with Crippen molar-refractivity contribution in [2.24, 2.45) is 0 Å². The first-order valence-electron chi connectivity index (χ1n) is 6.60. The van der Waals surface area contributed by atoms with Gasteiger partial charge in [-0.2, -0.15) is 0 Å². The third-order valence-corrected chi connectivity index (χ3v) is 3.81. The van der Waals surface area contributed by atoms with Crippen molar-refractivity contribution in [3.05, 3.63) is 29.8 Å². The summed E-state index contributed by atoms with van der Waals surface area (Å²) in [7, 11) is 1.72. The van der Waals surface area contributed by atoms with Crippen LogP contribution in [0.25, 0.3) is 0 Å². The fourth-order valence-corrected chi connectivity index (χ4v) is 2.61. The largest absolute Gasteiger partial charge is 0.497 e. The molecule has 2 rings (SSSR count). The molecular formula is C15H23NO. The van der Waals surface area contributed by atoms with Crippen molar-refractivity contribution >= 4 is 0 Å². The van der Waals surface area contributed by atoms with E-state index in [0.717, 1.165) is 12.3 Å². The molecule has 0 heterocycles. The van der Waals surface area contributed by atoms with Crippen molar-refractivity contribution in [2.45, 2.75) is 51.1 Å². The highest BCUT2D eigenvalue weighted by Gasteiger charge is 2.25. The van der Waals surface area contributed by atoms with Gasteiger partial charge >= 0.3 is 0 Å². The standard InChI is InChI=1S/C15H23NO/c1-15(9-4-3-5-10-15)16-12-13-7-6-8-14(11-13)17-2/h6-8,11,16H,3-5,9-10,12H2,1-2H3. The molecule has 1 N–H and O–H groups in total. The Labute approximate surface area is 104 Å². The SMILES string of the molecule is COc1cccc(CNC2(C)CCCCC2)c1. The normalized spacial score (nSPS) is 18.9. The van der Waals surface area contributed by atoms with Crippen LogP contribution < -0.4 is 10.1 Å². The summed E-state index contributed by atoms with van der Waals surface area (Å²) in [6, 6.07) is 8.31. The lowest BCUT2D eigenvalue weighted by Crippen LogP contribution is -2.43. The molecule has 1 aromatic rings. The van der Waals surface area contributed by atoms with E-state index in [9.17, 15) is 0 Å². The molecule has 94 valence electrons. The molecule has 1 fully saturated rings. The molecule has 2 heteroatoms. The van der Waals surface area contributed by atoms with Crippen LogP contribution in [0.1, 0.15) is 44.6 Å². The second kappa shape index (κ2) is 5.54. The zero-order valence-corrected chi connectivity index (χ0v) is 11.0. The van der Waals surface area contributed by atoms with E-state index in [1.807, 2.05) is 6.07 Å². The Bertz CT molecular complexity index is 356. The second-order valence-electron chi connectivity index (χ2n) is 5.33. The van der Waals surface area contributed by atoms with Gasteiger partial charge in [0.1, 0.15) is 5.75 Å². The molecule has 1 aliphatic rings. The number of hydrogen-bond acceptors (Lipinski definition) is 2. The van der Waals surface area contributed by atoms with Gasteiger partial charge in [-0.05, 0) is 37.5 Å². The average Bonchev–Trinajstić information content (AvgIpc) is 2.38. The fraction of sp³-hybridized carbons (Fsp3) is 0.600. The van der Waals surface area contributed by atoms with Crippen molar-refractivity contribution in [2.75, 3.05) is 7.11 Å². The Hall–Kier alpha value is -1.02. The van der Waals surface area contributed by atoms with E-state index < -0.39 is 0 Å². The van der Waals surface area contributed by atoms with E-state index in [2.05, 4.69) is 30.4 Å². The molecule has 0 unspecified atom stereocenters. The molecule has 0 radical (unpaired) electrons. The third kappa shape index (κ3) is 3.47. The fourth-order valence-electron chi connectivity index (χ4n) is 2.61. The van der Waals surface area contributed by atoms with E-state index >= 15 is 0 Å². The predicted molar refractivity (Wildman–Crippen MR) is 71.3 cm³/mol. The molecule has 0 aliphatic heterocycles. The third-order valence-electron chi connectivity index (χ3n) is 3.81. The lowest BCUT2D eigenvalue weighted by molar-refractivity contribution is 0.252. The zero-order valence-electron chi connectivity index (χ0n) is 11.0. The molecule has 0 saturated heterocycles. The molecule has 0 bridgehead atoms. The Morgan fingerprint density at radius 3 is 2.71 bits per heavy atom. The monoisotopic (exact) mass is 233 g/mol. The minimum absolute atomic E-state index is 0.335. The van der Waals surface area contributed by atoms with Crippen molar-refractivity contribution in [3.8, 4) is 5.75 Å². The molecule has 0 spiro atoms. The lowest BCUT2D eigenvalue weighted by Gasteiger charge is -2.34. The van der Waals surface area contributed by atoms with Crippen LogP contribution in [0.2, 0.25) is 0 Å². The summed E-state index contributed by atoms with van der Waals surface area (Å²) in [5, 5.41) is 3.71. The van der Waals surface area contributed by atoms with Crippen molar-refractivity contribution in [1.82, 2.24) is 5.32 Å². The molecule has 17 heavy (non-hydrogen) atoms. The van der Waals surface area contributed by atoms with Gasteiger partial charge in [0.2, 0.25) is 0 Å². The van der Waals surface area contributed by atoms with Gasteiger partial charge in [0, 0.05) is 12.1 Å². The van der Waals surface area contributed by atoms with E-state index in [-0.39, 0.29) is 0 Å². The quantitative estimate of drug-likeness (QED) is 0.859. The van der Waals surface area contributed by atoms with E-state index in [0.29, 0.717) is 5.54 Å². The number of methoxy groups -OCH3 is 1. The van der Waals surface area contributed by atoms with Gasteiger partial charge in [0.15, 0.2) is 0 Å². The lowest BCUT2D eigenvalue weighted by atomic mass is 9.83. The summed E-state index contributed by atoms with van der Waals surface area (Å²) in [4.78, 5) is 0. The van der Waals surface area contributed by atoms with E-state index in [1.54, 1.807) is 7.11 Å². The number of benzene rings is 1. The minimum Gasteiger partial charge on any atom is -0.497 e. The maximum Gasteiger partial charge on any atom is 0.119 e. The number of hydrogen-bond donors (Lipinski definition) is 1. The summed E-state index contributed by atoms with van der Waals surface area (Å²) in [5.41, 5.74) is 1.64. The summed E-state index contributed by atoms with van der Waals surface area (Å²) >= 11 is 0. The minimum atomic E-state index is 0.335. The van der Waals surface area contributed by atoms with Gasteiger partial charge in [-0.15, -0.1) is 0 Å². The van der Waals surface area contributed by atoms with Gasteiger partial charge in [-0.25, -0.2) is 0 Å². The topological polar surface area (TPSA) is 21.3 Å². The van der Waals surface area contributed by atoms with Gasteiger partial charge < -0.3 is 10.1 Å². The van der Waals surface area contributed by atoms with Crippen LogP contribution in [-0.2, 0) is 6.54 Å². The van der Waals surface area contributed by atoms with Crippen molar-refractivity contribution in [1.29, 1.82) is 0 Å².